The molecule has 0 aliphatic heterocycles. The average molecular weight is 493 g/mol. The molecule has 11 heteroatoms. The number of anilines is 1. The van der Waals surface area contributed by atoms with Gasteiger partial charge in [0.15, 0.2) is 5.65 Å². The van der Waals surface area contributed by atoms with Crippen LogP contribution in [0.2, 0.25) is 0 Å². The molecule has 3 atom stereocenters. The Morgan fingerprint density at radius 2 is 1.79 bits per heavy atom. The van der Waals surface area contributed by atoms with Gasteiger partial charge < -0.3 is 4.90 Å². The summed E-state index contributed by atoms with van der Waals surface area (Å²) in [5, 5.41) is 0.628. The number of aryl methyl sites for hydroxylation is 1. The Balaban J connectivity index is 1.64. The maximum atomic E-state index is 13.2. The van der Waals surface area contributed by atoms with Crippen LogP contribution in [0.1, 0.15) is 31.7 Å². The highest BCUT2D eigenvalue weighted by Gasteiger charge is 2.33. The second-order valence-corrected chi connectivity index (χ2v) is 12.3. The molecule has 0 bridgehead atoms. The van der Waals surface area contributed by atoms with E-state index in [4.69, 9.17) is 0 Å². The molecule has 1 fully saturated rings. The zero-order chi connectivity index (χ0) is 24.0. The lowest BCUT2D eigenvalue weighted by molar-refractivity contribution is 0.255. The van der Waals surface area contributed by atoms with E-state index in [9.17, 15) is 21.4 Å². The van der Waals surface area contributed by atoms with Crippen LogP contribution in [0.3, 0.4) is 0 Å². The van der Waals surface area contributed by atoms with E-state index in [0.717, 1.165) is 12.0 Å². The summed E-state index contributed by atoms with van der Waals surface area (Å²) in [4.78, 5) is 10.9. The van der Waals surface area contributed by atoms with E-state index >= 15 is 0 Å². The van der Waals surface area contributed by atoms with Crippen LogP contribution in [0.15, 0.2) is 47.8 Å². The fourth-order valence-electron chi connectivity index (χ4n) is 4.89. The van der Waals surface area contributed by atoms with E-state index in [1.807, 2.05) is 18.9 Å². The van der Waals surface area contributed by atoms with Crippen LogP contribution in [0.5, 0.6) is 0 Å². The fraction of sp³-hybridized carbons (Fsp3) is 0.455. The van der Waals surface area contributed by atoms with Gasteiger partial charge in [-0.15, -0.1) is 0 Å². The fourth-order valence-corrected chi connectivity index (χ4v) is 7.09. The molecule has 178 valence electrons. The van der Waals surface area contributed by atoms with Crippen molar-refractivity contribution in [1.29, 1.82) is 0 Å². The highest BCUT2D eigenvalue weighted by Crippen LogP contribution is 2.36. The molecule has 2 unspecified atom stereocenters. The van der Waals surface area contributed by atoms with Crippen molar-refractivity contribution in [2.75, 3.05) is 17.7 Å². The Labute approximate surface area is 194 Å². The summed E-state index contributed by atoms with van der Waals surface area (Å²) in [6.07, 6.45) is 4.95. The lowest BCUT2D eigenvalue weighted by Gasteiger charge is -2.40. The molecule has 3 aromatic rings. The maximum absolute atomic E-state index is 13.2. The second-order valence-electron chi connectivity index (χ2n) is 8.95. The van der Waals surface area contributed by atoms with Crippen LogP contribution in [-0.2, 0) is 20.1 Å². The summed E-state index contributed by atoms with van der Waals surface area (Å²) in [7, 11) is -5.90. The van der Waals surface area contributed by atoms with Gasteiger partial charge in [-0.1, -0.05) is 24.6 Å². The average Bonchev–Trinajstić information content (AvgIpc) is 3.18. The van der Waals surface area contributed by atoms with Gasteiger partial charge >= 0.3 is 0 Å². The van der Waals surface area contributed by atoms with Gasteiger partial charge in [0.1, 0.15) is 12.1 Å². The zero-order valence-electron chi connectivity index (χ0n) is 18.8. The van der Waals surface area contributed by atoms with Crippen LogP contribution in [0.4, 0.5) is 5.82 Å². The Morgan fingerprint density at radius 3 is 2.42 bits per heavy atom. The van der Waals surface area contributed by atoms with Crippen molar-refractivity contribution in [3.63, 3.8) is 0 Å². The number of hydrogen-bond acceptors (Lipinski definition) is 7. The molecule has 0 radical (unpaired) electrons. The van der Waals surface area contributed by atoms with Gasteiger partial charge in [-0.2, -0.15) is 8.42 Å². The third-order valence-electron chi connectivity index (χ3n) is 6.52. The van der Waals surface area contributed by atoms with E-state index < -0.39 is 20.1 Å². The Bertz CT molecular complexity index is 1370. The number of rotatable bonds is 6. The van der Waals surface area contributed by atoms with Crippen molar-refractivity contribution in [2.45, 2.75) is 44.0 Å². The van der Waals surface area contributed by atoms with Crippen molar-refractivity contribution in [3.8, 4) is 0 Å². The summed E-state index contributed by atoms with van der Waals surface area (Å²) in [6.45, 7) is 3.96. The number of benzene rings is 1. The SMILES string of the molecule is Cc1ccc(S(=O)(=O)n2ccc3c(N(C)C4CC[C@@H](CS(=O)(=O)O)CC4C)ncnc32)cc1. The minimum atomic E-state index is -4.00. The highest BCUT2D eigenvalue weighted by atomic mass is 32.2. The predicted molar refractivity (Wildman–Crippen MR) is 126 cm³/mol. The summed E-state index contributed by atoms with van der Waals surface area (Å²) in [5.41, 5.74) is 1.28. The molecule has 1 aliphatic rings. The third-order valence-corrected chi connectivity index (χ3v) is 9.09. The Hall–Kier alpha value is -2.50. The lowest BCUT2D eigenvalue weighted by atomic mass is 9.79. The Kier molecular flexibility index (Phi) is 6.23. The first-order chi connectivity index (χ1) is 15.5. The molecule has 33 heavy (non-hydrogen) atoms. The number of aromatic nitrogens is 3. The van der Waals surface area contributed by atoms with Crippen LogP contribution < -0.4 is 4.90 Å². The zero-order valence-corrected chi connectivity index (χ0v) is 20.4. The quantitative estimate of drug-likeness (QED) is 0.521. The van der Waals surface area contributed by atoms with Gasteiger partial charge in [-0.25, -0.2) is 22.4 Å². The highest BCUT2D eigenvalue weighted by molar-refractivity contribution is 7.90. The van der Waals surface area contributed by atoms with E-state index in [1.165, 1.54) is 16.5 Å². The van der Waals surface area contributed by atoms with Gasteiger partial charge in [0, 0.05) is 19.3 Å². The number of nitrogens with zero attached hydrogens (tertiary/aromatic N) is 4. The van der Waals surface area contributed by atoms with Gasteiger partial charge in [0.05, 0.1) is 16.0 Å². The van der Waals surface area contributed by atoms with Crippen molar-refractivity contribution < 1.29 is 21.4 Å². The van der Waals surface area contributed by atoms with Crippen molar-refractivity contribution >= 4 is 37.0 Å². The maximum Gasteiger partial charge on any atom is 0.269 e. The van der Waals surface area contributed by atoms with Crippen LogP contribution in [0, 0.1) is 18.8 Å². The molecule has 1 N–H and O–H groups in total. The molecular weight excluding hydrogens is 464 g/mol. The minimum absolute atomic E-state index is 0.0780. The summed E-state index contributed by atoms with van der Waals surface area (Å²) >= 11 is 0. The molecule has 4 rings (SSSR count). The molecule has 2 heterocycles. The van der Waals surface area contributed by atoms with Gasteiger partial charge in [0.2, 0.25) is 0 Å². The van der Waals surface area contributed by atoms with Crippen molar-refractivity contribution in [3.05, 3.63) is 48.4 Å². The van der Waals surface area contributed by atoms with Crippen LogP contribution in [0.25, 0.3) is 11.0 Å². The van der Waals surface area contributed by atoms with Gasteiger partial charge in [-0.3, -0.25) is 4.55 Å². The molecule has 1 saturated carbocycles. The molecule has 1 aromatic carbocycles. The van der Waals surface area contributed by atoms with E-state index in [2.05, 4.69) is 16.9 Å². The predicted octanol–water partition coefficient (Wildman–Crippen LogP) is 3.11. The van der Waals surface area contributed by atoms with E-state index in [-0.39, 0.29) is 28.5 Å². The summed E-state index contributed by atoms with van der Waals surface area (Å²) in [5.74, 6) is 0.498. The molecular formula is C22H28N4O5S2. The molecule has 2 aromatic heterocycles. The normalized spacial score (nSPS) is 21.9. The van der Waals surface area contributed by atoms with E-state index in [1.54, 1.807) is 30.3 Å². The van der Waals surface area contributed by atoms with Crippen molar-refractivity contribution in [1.82, 2.24) is 13.9 Å². The number of hydrogen-bond donors (Lipinski definition) is 1. The Morgan fingerprint density at radius 1 is 1.09 bits per heavy atom. The van der Waals surface area contributed by atoms with Gasteiger partial charge in [-0.05, 0) is 56.2 Å². The standard InChI is InChI=1S/C22H28N4O5S2/c1-15-4-7-18(8-5-15)33(30,31)26-11-10-19-21(23-14-24-22(19)26)25(3)20-9-6-17(12-16(20)2)13-32(27,28)29/h4-5,7-8,10-11,14,16-17,20H,6,9,12-13H2,1-3H3,(H,27,28,29)/t16?,17-,20?/m1/s1. The topological polar surface area (TPSA) is 122 Å². The first-order valence-corrected chi connectivity index (χ1v) is 13.8. The minimum Gasteiger partial charge on any atom is -0.356 e. The molecule has 0 amide bonds. The molecule has 9 nitrogen and oxygen atoms in total. The van der Waals surface area contributed by atoms with Gasteiger partial charge in [0.25, 0.3) is 20.1 Å². The number of fused-ring (bicyclic) bond motifs is 1. The largest absolute Gasteiger partial charge is 0.356 e. The molecule has 1 aliphatic carbocycles. The third kappa shape index (κ3) is 4.75. The first-order valence-electron chi connectivity index (χ1n) is 10.8. The smallest absolute Gasteiger partial charge is 0.269 e. The second kappa shape index (κ2) is 8.69. The monoisotopic (exact) mass is 492 g/mol. The summed E-state index contributed by atoms with van der Waals surface area (Å²) < 4.78 is 59.4. The molecule has 0 spiro atoms. The molecule has 0 saturated heterocycles. The lowest BCUT2D eigenvalue weighted by Crippen LogP contribution is -2.42. The van der Waals surface area contributed by atoms with Crippen LogP contribution >= 0.6 is 0 Å². The summed E-state index contributed by atoms with van der Waals surface area (Å²) in [6, 6.07) is 8.48. The van der Waals surface area contributed by atoms with Crippen molar-refractivity contribution in [2.24, 2.45) is 11.8 Å². The van der Waals surface area contributed by atoms with E-state index in [0.29, 0.717) is 29.7 Å². The van der Waals surface area contributed by atoms with Crippen LogP contribution in [-0.4, -0.2) is 54.2 Å². The first kappa shape index (κ1) is 23.7.